The second-order valence-corrected chi connectivity index (χ2v) is 7.06. The van der Waals surface area contributed by atoms with Crippen LogP contribution in [-0.4, -0.2) is 28.9 Å². The Morgan fingerprint density at radius 1 is 1.00 bits per heavy atom. The molecule has 1 aliphatic heterocycles. The van der Waals surface area contributed by atoms with Crippen LogP contribution in [0.5, 0.6) is 0 Å². The molecule has 2 heteroatoms. The molecule has 2 rings (SSSR count). The second-order valence-electron chi connectivity index (χ2n) is 6.50. The fourth-order valence-electron chi connectivity index (χ4n) is 3.81. The van der Waals surface area contributed by atoms with Crippen LogP contribution in [0.4, 0.5) is 0 Å². The lowest BCUT2D eigenvalue weighted by Gasteiger charge is -2.46. The minimum absolute atomic E-state index is 0.581. The summed E-state index contributed by atoms with van der Waals surface area (Å²) in [6, 6.07) is 1.60. The van der Waals surface area contributed by atoms with E-state index in [-0.39, 0.29) is 0 Å². The number of piperidine rings is 1. The van der Waals surface area contributed by atoms with Crippen molar-refractivity contribution in [1.82, 2.24) is 4.90 Å². The molecule has 2 atom stereocenters. The van der Waals surface area contributed by atoms with E-state index in [9.17, 15) is 0 Å². The molecule has 0 aromatic carbocycles. The van der Waals surface area contributed by atoms with Crippen LogP contribution in [0.2, 0.25) is 0 Å². The van der Waals surface area contributed by atoms with E-state index < -0.39 is 0 Å². The summed E-state index contributed by atoms with van der Waals surface area (Å²) < 4.78 is 0. The van der Waals surface area contributed by atoms with Gasteiger partial charge in [0.2, 0.25) is 0 Å². The predicted octanol–water partition coefficient (Wildman–Crippen LogP) is 4.59. The van der Waals surface area contributed by atoms with E-state index in [1.54, 1.807) is 0 Å². The van der Waals surface area contributed by atoms with Gasteiger partial charge in [-0.15, -0.1) is 0 Å². The van der Waals surface area contributed by atoms with E-state index in [1.165, 1.54) is 63.2 Å². The second kappa shape index (κ2) is 6.06. The molecule has 1 heterocycles. The van der Waals surface area contributed by atoms with E-state index in [4.69, 9.17) is 0 Å². The quantitative estimate of drug-likeness (QED) is 0.689. The summed E-state index contributed by atoms with van der Waals surface area (Å²) in [5.74, 6) is 0. The first kappa shape index (κ1) is 13.9. The van der Waals surface area contributed by atoms with Crippen molar-refractivity contribution in [1.29, 1.82) is 0 Å². The molecule has 0 aromatic heterocycles. The largest absolute Gasteiger partial charge is 0.297 e. The molecule has 0 amide bonds. The monoisotopic (exact) mass is 301 g/mol. The van der Waals surface area contributed by atoms with Crippen molar-refractivity contribution in [2.45, 2.75) is 77.3 Å². The molecule has 1 saturated carbocycles. The molecule has 0 aromatic rings. The molecule has 0 radical (unpaired) electrons. The number of hydrogen-bond donors (Lipinski definition) is 0. The van der Waals surface area contributed by atoms with Crippen LogP contribution in [0.1, 0.15) is 65.2 Å². The summed E-state index contributed by atoms with van der Waals surface area (Å²) in [5.41, 5.74) is 0.581. The summed E-state index contributed by atoms with van der Waals surface area (Å²) in [5, 5.41) is 1.20. The Bertz CT molecular complexity index is 225. The maximum absolute atomic E-state index is 3.81. The van der Waals surface area contributed by atoms with Crippen LogP contribution in [-0.2, 0) is 0 Å². The number of rotatable bonds is 3. The molecule has 0 bridgehead atoms. The third-order valence-corrected chi connectivity index (χ3v) is 6.28. The average Bonchev–Trinajstić information content (AvgIpc) is 2.35. The molecule has 0 unspecified atom stereocenters. The van der Waals surface area contributed by atoms with Crippen LogP contribution >= 0.6 is 15.9 Å². The van der Waals surface area contributed by atoms with Gasteiger partial charge in [0.1, 0.15) is 0 Å². The molecule has 1 aliphatic carbocycles. The Hall–Kier alpha value is 0.440. The smallest absolute Gasteiger partial charge is 0.0100 e. The maximum Gasteiger partial charge on any atom is 0.0100 e. The first-order valence-corrected chi connectivity index (χ1v) is 8.61. The summed E-state index contributed by atoms with van der Waals surface area (Å²) in [4.78, 5) is 2.80. The summed E-state index contributed by atoms with van der Waals surface area (Å²) in [6.45, 7) is 6.20. The lowest BCUT2D eigenvalue weighted by molar-refractivity contribution is 0.0408. The fourth-order valence-corrected chi connectivity index (χ4v) is 4.55. The van der Waals surface area contributed by atoms with Gasteiger partial charge in [0.05, 0.1) is 0 Å². The summed E-state index contributed by atoms with van der Waals surface area (Å²) >= 11 is 3.81. The van der Waals surface area contributed by atoms with Crippen LogP contribution in [0.25, 0.3) is 0 Å². The number of halogens is 1. The van der Waals surface area contributed by atoms with Gasteiger partial charge in [-0.2, -0.15) is 0 Å². The molecule has 1 saturated heterocycles. The van der Waals surface area contributed by atoms with Gasteiger partial charge in [0, 0.05) is 24.0 Å². The molecule has 0 N–H and O–H groups in total. The first-order valence-electron chi connectivity index (χ1n) is 7.49. The van der Waals surface area contributed by atoms with Gasteiger partial charge in [-0.05, 0) is 44.9 Å². The Kier molecular flexibility index (Phi) is 4.94. The molecule has 1 nitrogen and oxygen atoms in total. The Balaban J connectivity index is 2.00. The normalized spacial score (nSPS) is 34.8. The van der Waals surface area contributed by atoms with Gasteiger partial charge in [0.15, 0.2) is 0 Å². The van der Waals surface area contributed by atoms with Crippen molar-refractivity contribution < 1.29 is 0 Å². The molecule has 0 spiro atoms. The number of alkyl halides is 1. The molecule has 100 valence electrons. The van der Waals surface area contributed by atoms with Gasteiger partial charge in [0.25, 0.3) is 0 Å². The highest BCUT2D eigenvalue weighted by atomic mass is 79.9. The van der Waals surface area contributed by atoms with Crippen LogP contribution < -0.4 is 0 Å². The third kappa shape index (κ3) is 3.26. The standard InChI is InChI=1S/C15H28BrN/c1-13-7-6-8-14(2)17(13)12-15(11-16)9-4-3-5-10-15/h13-14H,3-12H2,1-2H3/t13-,14+. The van der Waals surface area contributed by atoms with Gasteiger partial charge < -0.3 is 0 Å². The van der Waals surface area contributed by atoms with Gasteiger partial charge in [-0.3, -0.25) is 4.90 Å². The Morgan fingerprint density at radius 2 is 1.59 bits per heavy atom. The highest BCUT2D eigenvalue weighted by Gasteiger charge is 2.36. The number of likely N-dealkylation sites (tertiary alicyclic amines) is 1. The molecular formula is C15H28BrN. The lowest BCUT2D eigenvalue weighted by Crippen LogP contribution is -2.50. The predicted molar refractivity (Wildman–Crippen MR) is 78.8 cm³/mol. The SMILES string of the molecule is C[C@@H]1CCC[C@H](C)N1CC1(CBr)CCCCC1. The highest BCUT2D eigenvalue weighted by Crippen LogP contribution is 2.40. The zero-order chi connectivity index (χ0) is 12.3. The highest BCUT2D eigenvalue weighted by molar-refractivity contribution is 9.09. The van der Waals surface area contributed by atoms with Gasteiger partial charge >= 0.3 is 0 Å². The van der Waals surface area contributed by atoms with Gasteiger partial charge in [-0.25, -0.2) is 0 Å². The lowest BCUT2D eigenvalue weighted by atomic mass is 9.74. The van der Waals surface area contributed by atoms with E-state index in [2.05, 4.69) is 34.7 Å². The zero-order valence-corrected chi connectivity index (χ0v) is 13.1. The third-order valence-electron chi connectivity index (χ3n) is 5.09. The number of nitrogens with zero attached hydrogens (tertiary/aromatic N) is 1. The topological polar surface area (TPSA) is 3.24 Å². The van der Waals surface area contributed by atoms with Crippen molar-refractivity contribution in [3.8, 4) is 0 Å². The van der Waals surface area contributed by atoms with Gasteiger partial charge in [-0.1, -0.05) is 41.6 Å². The van der Waals surface area contributed by atoms with E-state index in [1.807, 2.05) is 0 Å². The number of hydrogen-bond acceptors (Lipinski definition) is 1. The van der Waals surface area contributed by atoms with Crippen molar-refractivity contribution in [3.63, 3.8) is 0 Å². The van der Waals surface area contributed by atoms with E-state index in [0.29, 0.717) is 5.41 Å². The van der Waals surface area contributed by atoms with Crippen molar-refractivity contribution in [2.24, 2.45) is 5.41 Å². The minimum atomic E-state index is 0.581. The minimum Gasteiger partial charge on any atom is -0.297 e. The maximum atomic E-state index is 3.81. The van der Waals surface area contributed by atoms with Crippen molar-refractivity contribution in [2.75, 3.05) is 11.9 Å². The van der Waals surface area contributed by atoms with Crippen LogP contribution in [0, 0.1) is 5.41 Å². The summed E-state index contributed by atoms with van der Waals surface area (Å²) in [7, 11) is 0. The Labute approximate surface area is 115 Å². The molecule has 2 fully saturated rings. The molecular weight excluding hydrogens is 274 g/mol. The van der Waals surface area contributed by atoms with Crippen molar-refractivity contribution in [3.05, 3.63) is 0 Å². The first-order chi connectivity index (χ1) is 8.17. The van der Waals surface area contributed by atoms with E-state index in [0.717, 1.165) is 12.1 Å². The van der Waals surface area contributed by atoms with Crippen molar-refractivity contribution >= 4 is 15.9 Å². The van der Waals surface area contributed by atoms with E-state index >= 15 is 0 Å². The fraction of sp³-hybridized carbons (Fsp3) is 1.00. The summed E-state index contributed by atoms with van der Waals surface area (Å²) in [6.07, 6.45) is 11.5. The van der Waals surface area contributed by atoms with Crippen LogP contribution in [0.3, 0.4) is 0 Å². The zero-order valence-electron chi connectivity index (χ0n) is 11.6. The molecule has 17 heavy (non-hydrogen) atoms. The van der Waals surface area contributed by atoms with Crippen LogP contribution in [0.15, 0.2) is 0 Å². The Morgan fingerprint density at radius 3 is 2.12 bits per heavy atom. The molecule has 2 aliphatic rings. The average molecular weight is 302 g/mol.